The van der Waals surface area contributed by atoms with E-state index in [4.69, 9.17) is 0 Å². The van der Waals surface area contributed by atoms with Gasteiger partial charge >= 0.3 is 0 Å². The van der Waals surface area contributed by atoms with E-state index < -0.39 is 32.7 Å². The molecule has 0 saturated carbocycles. The van der Waals surface area contributed by atoms with Crippen molar-refractivity contribution in [1.29, 1.82) is 0 Å². The Labute approximate surface area is 200 Å². The van der Waals surface area contributed by atoms with Gasteiger partial charge in [0.1, 0.15) is 16.8 Å². The number of hydrogen-bond donors (Lipinski definition) is 3. The number of carbonyl (C=O) groups excluding carboxylic acids is 1. The van der Waals surface area contributed by atoms with Crippen LogP contribution in [0.2, 0.25) is 0 Å². The molecule has 0 aliphatic heterocycles. The van der Waals surface area contributed by atoms with Gasteiger partial charge in [-0.05, 0) is 42.3 Å². The van der Waals surface area contributed by atoms with Gasteiger partial charge in [0.05, 0.1) is 5.69 Å². The van der Waals surface area contributed by atoms with Crippen LogP contribution >= 0.6 is 0 Å². The van der Waals surface area contributed by atoms with E-state index in [0.717, 1.165) is 17.7 Å². The minimum Gasteiger partial charge on any atom is -0.325 e. The lowest BCUT2D eigenvalue weighted by Crippen LogP contribution is -2.45. The van der Waals surface area contributed by atoms with E-state index in [1.54, 1.807) is 60.7 Å². The molecule has 4 rings (SSSR count). The van der Waals surface area contributed by atoms with Crippen molar-refractivity contribution in [3.63, 3.8) is 0 Å². The second kappa shape index (κ2) is 10.4. The minimum atomic E-state index is -4.33. The molecule has 178 valence electrons. The molecule has 1 amide bonds. The molecular formula is C25H21FN4O4S. The summed E-state index contributed by atoms with van der Waals surface area (Å²) in [6.07, 6.45) is 0.0432. The number of rotatable bonds is 8. The van der Waals surface area contributed by atoms with Crippen LogP contribution in [0.3, 0.4) is 0 Å². The molecule has 4 aromatic rings. The first-order valence-corrected chi connectivity index (χ1v) is 12.1. The van der Waals surface area contributed by atoms with Gasteiger partial charge in [0.2, 0.25) is 15.9 Å². The highest BCUT2D eigenvalue weighted by Crippen LogP contribution is 2.21. The lowest BCUT2D eigenvalue weighted by molar-refractivity contribution is -0.117. The molecule has 0 spiro atoms. The molecule has 1 aromatic heterocycles. The minimum absolute atomic E-state index is 0.0432. The van der Waals surface area contributed by atoms with Crippen LogP contribution in [0, 0.1) is 5.82 Å². The summed E-state index contributed by atoms with van der Waals surface area (Å²) in [5, 5.41) is 9.04. The van der Waals surface area contributed by atoms with Gasteiger partial charge in [-0.2, -0.15) is 9.82 Å². The lowest BCUT2D eigenvalue weighted by Gasteiger charge is -2.19. The van der Waals surface area contributed by atoms with Crippen molar-refractivity contribution in [2.75, 3.05) is 5.32 Å². The van der Waals surface area contributed by atoms with Crippen molar-refractivity contribution in [1.82, 2.24) is 14.9 Å². The summed E-state index contributed by atoms with van der Waals surface area (Å²) in [6.45, 7) is 0. The molecule has 10 heteroatoms. The van der Waals surface area contributed by atoms with Crippen molar-refractivity contribution in [3.8, 4) is 11.3 Å². The van der Waals surface area contributed by atoms with Gasteiger partial charge < -0.3 is 5.32 Å². The summed E-state index contributed by atoms with van der Waals surface area (Å²) in [5.74, 6) is -1.54. The molecule has 3 N–H and O–H groups in total. The maximum Gasteiger partial charge on any atom is 0.264 e. The van der Waals surface area contributed by atoms with Gasteiger partial charge in [0, 0.05) is 17.3 Å². The predicted octanol–water partition coefficient (Wildman–Crippen LogP) is 3.10. The summed E-state index contributed by atoms with van der Waals surface area (Å²) in [5.41, 5.74) is 1.88. The number of anilines is 1. The molecule has 0 aliphatic rings. The highest BCUT2D eigenvalue weighted by atomic mass is 32.2. The Balaban J connectivity index is 1.60. The first-order chi connectivity index (χ1) is 16.8. The fourth-order valence-corrected chi connectivity index (χ4v) is 4.72. The molecule has 0 radical (unpaired) electrons. The topological polar surface area (TPSA) is 121 Å². The average Bonchev–Trinajstić information content (AvgIpc) is 2.85. The van der Waals surface area contributed by atoms with Crippen LogP contribution in [-0.4, -0.2) is 30.6 Å². The molecule has 3 aromatic carbocycles. The van der Waals surface area contributed by atoms with Crippen molar-refractivity contribution in [2.24, 2.45) is 0 Å². The third-order valence-corrected chi connectivity index (χ3v) is 6.63. The third-order valence-electron chi connectivity index (χ3n) is 5.13. The fourth-order valence-electron chi connectivity index (χ4n) is 3.44. The molecule has 0 saturated heterocycles. The molecule has 0 fully saturated rings. The number of carbonyl (C=O) groups is 1. The fraction of sp³-hybridized carbons (Fsp3) is 0.0800. The number of hydrogen-bond acceptors (Lipinski definition) is 5. The Morgan fingerprint density at radius 3 is 2.40 bits per heavy atom. The molecular weight excluding hydrogens is 471 g/mol. The Kier molecular flexibility index (Phi) is 7.14. The first-order valence-electron chi connectivity index (χ1n) is 10.6. The smallest absolute Gasteiger partial charge is 0.264 e. The first kappa shape index (κ1) is 24.0. The number of nitrogens with zero attached hydrogens (tertiary/aromatic N) is 1. The van der Waals surface area contributed by atoms with Crippen molar-refractivity contribution >= 4 is 21.6 Å². The number of halogens is 1. The van der Waals surface area contributed by atoms with Crippen LogP contribution in [0.15, 0.2) is 101 Å². The summed E-state index contributed by atoms with van der Waals surface area (Å²) < 4.78 is 42.4. The average molecular weight is 493 g/mol. The molecule has 8 nitrogen and oxygen atoms in total. The van der Waals surface area contributed by atoms with Gasteiger partial charge in [-0.3, -0.25) is 9.59 Å². The summed E-state index contributed by atoms with van der Waals surface area (Å²) in [4.78, 5) is 23.9. The van der Waals surface area contributed by atoms with Crippen molar-refractivity contribution < 1.29 is 17.6 Å². The number of benzene rings is 3. The molecule has 35 heavy (non-hydrogen) atoms. The van der Waals surface area contributed by atoms with Gasteiger partial charge in [0.15, 0.2) is 0 Å². The maximum atomic E-state index is 14.2. The van der Waals surface area contributed by atoms with E-state index in [2.05, 4.69) is 20.2 Å². The monoisotopic (exact) mass is 492 g/mol. The highest BCUT2D eigenvalue weighted by Gasteiger charge is 2.28. The van der Waals surface area contributed by atoms with E-state index >= 15 is 0 Å². The van der Waals surface area contributed by atoms with Crippen LogP contribution in [0.4, 0.5) is 10.1 Å². The highest BCUT2D eigenvalue weighted by molar-refractivity contribution is 7.89. The van der Waals surface area contributed by atoms with Crippen LogP contribution in [0.25, 0.3) is 11.3 Å². The number of sulfonamides is 1. The molecule has 1 atom stereocenters. The number of amides is 1. The second-order valence-electron chi connectivity index (χ2n) is 7.67. The third kappa shape index (κ3) is 6.05. The number of H-pyrrole nitrogens is 1. The van der Waals surface area contributed by atoms with E-state index in [9.17, 15) is 22.4 Å². The van der Waals surface area contributed by atoms with Crippen LogP contribution in [0.5, 0.6) is 0 Å². The Bertz CT molecular complexity index is 1490. The summed E-state index contributed by atoms with van der Waals surface area (Å²) >= 11 is 0. The molecule has 0 unspecified atom stereocenters. The van der Waals surface area contributed by atoms with Gasteiger partial charge in [0.25, 0.3) is 5.56 Å². The Hall–Kier alpha value is -4.15. The summed E-state index contributed by atoms with van der Waals surface area (Å²) in [6, 6.07) is 22.2. The Morgan fingerprint density at radius 2 is 1.69 bits per heavy atom. The van der Waals surface area contributed by atoms with Crippen molar-refractivity contribution in [3.05, 3.63) is 113 Å². The molecule has 1 heterocycles. The van der Waals surface area contributed by atoms with Gasteiger partial charge in [-0.15, -0.1) is 0 Å². The predicted molar refractivity (Wildman–Crippen MR) is 130 cm³/mol. The molecule has 0 aliphatic carbocycles. The second-order valence-corrected chi connectivity index (χ2v) is 9.35. The van der Waals surface area contributed by atoms with Crippen molar-refractivity contribution in [2.45, 2.75) is 17.4 Å². The number of aromatic amines is 1. The van der Waals surface area contributed by atoms with E-state index in [-0.39, 0.29) is 12.0 Å². The van der Waals surface area contributed by atoms with Crippen LogP contribution in [-0.2, 0) is 21.2 Å². The standard InChI is InChI=1S/C25H21FN4O4S/c26-20-11-4-5-12-23(20)35(33,34)30-22(15-17-7-2-1-3-8-17)25(32)27-19-10-6-9-18(16-19)21-13-14-24(31)29-28-21/h1-14,16,22,30H,15H2,(H,27,32)(H,29,31)/t22-/m0/s1. The lowest BCUT2D eigenvalue weighted by atomic mass is 10.1. The largest absolute Gasteiger partial charge is 0.325 e. The normalized spacial score (nSPS) is 12.1. The quantitative estimate of drug-likeness (QED) is 0.349. The number of aromatic nitrogens is 2. The van der Waals surface area contributed by atoms with Crippen LogP contribution in [0.1, 0.15) is 5.56 Å². The number of nitrogens with one attached hydrogen (secondary N) is 3. The van der Waals surface area contributed by atoms with E-state index in [0.29, 0.717) is 16.9 Å². The van der Waals surface area contributed by atoms with Gasteiger partial charge in [-0.1, -0.05) is 54.6 Å². The SMILES string of the molecule is O=C(Nc1cccc(-c2ccc(=O)[nH]n2)c1)[C@H](Cc1ccccc1)NS(=O)(=O)c1ccccc1F. The van der Waals surface area contributed by atoms with Crippen LogP contribution < -0.4 is 15.6 Å². The molecule has 0 bridgehead atoms. The summed E-state index contributed by atoms with van der Waals surface area (Å²) in [7, 11) is -4.33. The maximum absolute atomic E-state index is 14.2. The van der Waals surface area contributed by atoms with Gasteiger partial charge in [-0.25, -0.2) is 17.9 Å². The van der Waals surface area contributed by atoms with E-state index in [1.165, 1.54) is 18.2 Å². The Morgan fingerprint density at radius 1 is 0.943 bits per heavy atom. The zero-order chi connectivity index (χ0) is 24.8. The van der Waals surface area contributed by atoms with E-state index in [1.807, 2.05) is 0 Å². The zero-order valence-electron chi connectivity index (χ0n) is 18.3. The zero-order valence-corrected chi connectivity index (χ0v) is 19.1.